The smallest absolute Gasteiger partial charge is 0.251 e. The molecule has 5 heteroatoms. The fourth-order valence-corrected chi connectivity index (χ4v) is 1.21. The molecule has 1 aromatic rings. The third-order valence-electron chi connectivity index (χ3n) is 2.19. The van der Waals surface area contributed by atoms with E-state index in [1.165, 1.54) is 0 Å². The number of amides is 2. The first-order chi connectivity index (χ1) is 8.17. The number of carbonyl (C=O) groups excluding carboxylic acids is 2. The van der Waals surface area contributed by atoms with Gasteiger partial charge in [0, 0.05) is 25.6 Å². The van der Waals surface area contributed by atoms with E-state index in [2.05, 4.69) is 10.6 Å². The molecule has 1 rings (SSSR count). The number of nitrogens with one attached hydrogen (secondary N) is 2. The maximum atomic E-state index is 11.6. The first-order valence-electron chi connectivity index (χ1n) is 5.16. The standard InChI is InChI=1S/C12H13N3O2/c1-14-11(16)6-7-15-12(17)10-4-2-9(8-13)3-5-10/h2-5H,6-7H2,1H3,(H,14,16)(H,15,17). The van der Waals surface area contributed by atoms with Crippen LogP contribution in [0.25, 0.3) is 0 Å². The topological polar surface area (TPSA) is 82.0 Å². The van der Waals surface area contributed by atoms with Crippen molar-refractivity contribution in [3.8, 4) is 6.07 Å². The molecule has 0 aromatic heterocycles. The van der Waals surface area contributed by atoms with E-state index in [-0.39, 0.29) is 18.2 Å². The number of nitriles is 1. The van der Waals surface area contributed by atoms with Gasteiger partial charge in [-0.15, -0.1) is 0 Å². The molecule has 0 aliphatic rings. The fourth-order valence-electron chi connectivity index (χ4n) is 1.21. The molecule has 0 bridgehead atoms. The summed E-state index contributed by atoms with van der Waals surface area (Å²) in [5.41, 5.74) is 0.979. The van der Waals surface area contributed by atoms with Gasteiger partial charge >= 0.3 is 0 Å². The highest BCUT2D eigenvalue weighted by Crippen LogP contribution is 2.02. The SMILES string of the molecule is CNC(=O)CCNC(=O)c1ccc(C#N)cc1. The lowest BCUT2D eigenvalue weighted by atomic mass is 10.1. The van der Waals surface area contributed by atoms with Gasteiger partial charge in [-0.1, -0.05) is 0 Å². The average Bonchev–Trinajstić information content (AvgIpc) is 2.38. The van der Waals surface area contributed by atoms with Gasteiger partial charge in [-0.2, -0.15) is 5.26 Å². The largest absolute Gasteiger partial charge is 0.359 e. The molecule has 0 spiro atoms. The third-order valence-corrected chi connectivity index (χ3v) is 2.19. The van der Waals surface area contributed by atoms with Crippen molar-refractivity contribution in [2.45, 2.75) is 6.42 Å². The predicted molar refractivity (Wildman–Crippen MR) is 62.2 cm³/mol. The molecule has 17 heavy (non-hydrogen) atoms. The zero-order valence-corrected chi connectivity index (χ0v) is 9.49. The van der Waals surface area contributed by atoms with E-state index in [0.29, 0.717) is 17.7 Å². The van der Waals surface area contributed by atoms with E-state index in [1.54, 1.807) is 31.3 Å². The maximum Gasteiger partial charge on any atom is 0.251 e. The van der Waals surface area contributed by atoms with Crippen molar-refractivity contribution in [3.05, 3.63) is 35.4 Å². The average molecular weight is 231 g/mol. The predicted octanol–water partition coefficient (Wildman–Crippen LogP) is 0.424. The van der Waals surface area contributed by atoms with Crippen LogP contribution in [0.2, 0.25) is 0 Å². The molecular formula is C12H13N3O2. The first kappa shape index (κ1) is 12.7. The Kier molecular flexibility index (Phi) is 4.70. The summed E-state index contributed by atoms with van der Waals surface area (Å²) in [6, 6.07) is 8.28. The van der Waals surface area contributed by atoms with Crippen LogP contribution in [0.1, 0.15) is 22.3 Å². The van der Waals surface area contributed by atoms with Gasteiger partial charge in [0.2, 0.25) is 5.91 Å². The van der Waals surface area contributed by atoms with Crippen molar-refractivity contribution in [2.24, 2.45) is 0 Å². The highest BCUT2D eigenvalue weighted by Gasteiger charge is 2.05. The van der Waals surface area contributed by atoms with E-state index in [4.69, 9.17) is 5.26 Å². The summed E-state index contributed by atoms with van der Waals surface area (Å²) in [7, 11) is 1.55. The number of hydrogen-bond acceptors (Lipinski definition) is 3. The fraction of sp³-hybridized carbons (Fsp3) is 0.250. The van der Waals surface area contributed by atoms with Crippen LogP contribution in [-0.2, 0) is 4.79 Å². The molecule has 0 atom stereocenters. The molecule has 0 saturated heterocycles. The second-order valence-corrected chi connectivity index (χ2v) is 3.37. The molecule has 2 amide bonds. The molecule has 0 unspecified atom stereocenters. The van der Waals surface area contributed by atoms with Crippen molar-refractivity contribution in [1.82, 2.24) is 10.6 Å². The molecular weight excluding hydrogens is 218 g/mol. The molecule has 0 aliphatic carbocycles. The van der Waals surface area contributed by atoms with E-state index in [0.717, 1.165) is 0 Å². The van der Waals surface area contributed by atoms with E-state index in [1.807, 2.05) is 6.07 Å². The van der Waals surface area contributed by atoms with Crippen molar-refractivity contribution >= 4 is 11.8 Å². The highest BCUT2D eigenvalue weighted by atomic mass is 16.2. The molecule has 1 aromatic carbocycles. The molecule has 0 aliphatic heterocycles. The summed E-state index contributed by atoms with van der Waals surface area (Å²) in [4.78, 5) is 22.5. The van der Waals surface area contributed by atoms with Crippen LogP contribution in [0, 0.1) is 11.3 Å². The number of hydrogen-bond donors (Lipinski definition) is 2. The second-order valence-electron chi connectivity index (χ2n) is 3.37. The quantitative estimate of drug-likeness (QED) is 0.788. The van der Waals surface area contributed by atoms with Crippen LogP contribution < -0.4 is 10.6 Å². The van der Waals surface area contributed by atoms with Gasteiger partial charge in [-0.3, -0.25) is 9.59 Å². The first-order valence-corrected chi connectivity index (χ1v) is 5.16. The summed E-state index contributed by atoms with van der Waals surface area (Å²) in [6.07, 6.45) is 0.249. The molecule has 2 N–H and O–H groups in total. The Morgan fingerprint density at radius 1 is 1.29 bits per heavy atom. The van der Waals surface area contributed by atoms with Crippen LogP contribution >= 0.6 is 0 Å². The zero-order valence-electron chi connectivity index (χ0n) is 9.49. The van der Waals surface area contributed by atoms with Crippen LogP contribution in [-0.4, -0.2) is 25.4 Å². The molecule has 5 nitrogen and oxygen atoms in total. The van der Waals surface area contributed by atoms with Crippen LogP contribution in [0.4, 0.5) is 0 Å². The maximum absolute atomic E-state index is 11.6. The summed E-state index contributed by atoms with van der Waals surface area (Å²) in [5.74, 6) is -0.372. The van der Waals surface area contributed by atoms with Gasteiger partial charge in [-0.05, 0) is 24.3 Å². The summed E-state index contributed by atoms with van der Waals surface area (Å²) in [5, 5.41) is 13.7. The number of rotatable bonds is 4. The number of nitrogens with zero attached hydrogens (tertiary/aromatic N) is 1. The number of carbonyl (C=O) groups is 2. The van der Waals surface area contributed by atoms with E-state index < -0.39 is 0 Å². The minimum atomic E-state index is -0.251. The van der Waals surface area contributed by atoms with Crippen LogP contribution in [0.3, 0.4) is 0 Å². The van der Waals surface area contributed by atoms with E-state index in [9.17, 15) is 9.59 Å². The Hall–Kier alpha value is -2.35. The lowest BCUT2D eigenvalue weighted by Gasteiger charge is -2.04. The lowest BCUT2D eigenvalue weighted by molar-refractivity contribution is -0.120. The monoisotopic (exact) mass is 231 g/mol. The van der Waals surface area contributed by atoms with Crippen LogP contribution in [0.5, 0.6) is 0 Å². The Morgan fingerprint density at radius 3 is 2.47 bits per heavy atom. The molecule has 0 radical (unpaired) electrons. The molecule has 0 fully saturated rings. The second kappa shape index (κ2) is 6.28. The lowest BCUT2D eigenvalue weighted by Crippen LogP contribution is -2.29. The Bertz CT molecular complexity index is 446. The molecule has 0 saturated carbocycles. The minimum Gasteiger partial charge on any atom is -0.359 e. The van der Waals surface area contributed by atoms with Gasteiger partial charge in [0.1, 0.15) is 0 Å². The highest BCUT2D eigenvalue weighted by molar-refractivity contribution is 5.94. The van der Waals surface area contributed by atoms with Gasteiger partial charge < -0.3 is 10.6 Å². The Labute approximate surface area is 99.4 Å². The summed E-state index contributed by atoms with van der Waals surface area (Å²) >= 11 is 0. The minimum absolute atomic E-state index is 0.120. The summed E-state index contributed by atoms with van der Waals surface area (Å²) < 4.78 is 0. The normalized spacial score (nSPS) is 9.18. The Morgan fingerprint density at radius 2 is 1.94 bits per heavy atom. The van der Waals surface area contributed by atoms with Gasteiger partial charge in [-0.25, -0.2) is 0 Å². The van der Waals surface area contributed by atoms with Crippen LogP contribution in [0.15, 0.2) is 24.3 Å². The number of benzene rings is 1. The third kappa shape index (κ3) is 3.95. The van der Waals surface area contributed by atoms with Crippen molar-refractivity contribution in [2.75, 3.05) is 13.6 Å². The zero-order chi connectivity index (χ0) is 12.7. The van der Waals surface area contributed by atoms with Gasteiger partial charge in [0.25, 0.3) is 5.91 Å². The van der Waals surface area contributed by atoms with Crippen molar-refractivity contribution in [3.63, 3.8) is 0 Å². The Balaban J connectivity index is 2.47. The van der Waals surface area contributed by atoms with Crippen molar-refractivity contribution < 1.29 is 9.59 Å². The molecule has 88 valence electrons. The molecule has 0 heterocycles. The summed E-state index contributed by atoms with van der Waals surface area (Å²) in [6.45, 7) is 0.290. The van der Waals surface area contributed by atoms with E-state index >= 15 is 0 Å². The van der Waals surface area contributed by atoms with Crippen molar-refractivity contribution in [1.29, 1.82) is 5.26 Å². The van der Waals surface area contributed by atoms with Gasteiger partial charge in [0.05, 0.1) is 11.6 Å². The van der Waals surface area contributed by atoms with Gasteiger partial charge in [0.15, 0.2) is 0 Å².